The molecule has 1 atom stereocenters. The highest BCUT2D eigenvalue weighted by Crippen LogP contribution is 2.22. The molecule has 1 aliphatic rings. The van der Waals surface area contributed by atoms with E-state index in [9.17, 15) is 0 Å². The van der Waals surface area contributed by atoms with E-state index >= 15 is 0 Å². The number of piperidine rings is 1. The molecule has 0 saturated carbocycles. The van der Waals surface area contributed by atoms with Crippen molar-refractivity contribution in [2.45, 2.75) is 12.8 Å². The van der Waals surface area contributed by atoms with Crippen molar-refractivity contribution in [2.75, 3.05) is 24.6 Å². The van der Waals surface area contributed by atoms with Gasteiger partial charge in [0.25, 0.3) is 0 Å². The Kier molecular flexibility index (Phi) is 4.44. The second-order valence-electron chi connectivity index (χ2n) is 5.29. The molecule has 0 spiro atoms. The smallest absolute Gasteiger partial charge is 0.316 e. The third kappa shape index (κ3) is 3.50. The van der Waals surface area contributed by atoms with Crippen molar-refractivity contribution >= 4 is 5.82 Å². The van der Waals surface area contributed by atoms with E-state index in [2.05, 4.69) is 25.9 Å². The van der Waals surface area contributed by atoms with E-state index in [-0.39, 0.29) is 0 Å². The Morgan fingerprint density at radius 3 is 2.95 bits per heavy atom. The molecule has 3 rings (SSSR count). The van der Waals surface area contributed by atoms with Gasteiger partial charge >= 0.3 is 6.01 Å². The van der Waals surface area contributed by atoms with Crippen LogP contribution >= 0.6 is 0 Å². The number of anilines is 1. The van der Waals surface area contributed by atoms with Crippen molar-refractivity contribution in [1.29, 1.82) is 5.26 Å². The first-order chi connectivity index (χ1) is 10.8. The van der Waals surface area contributed by atoms with Crippen molar-refractivity contribution in [2.24, 2.45) is 5.92 Å². The summed E-state index contributed by atoms with van der Waals surface area (Å²) in [7, 11) is 0. The molecule has 0 aromatic carbocycles. The minimum absolute atomic E-state index is 0.407. The molecule has 0 radical (unpaired) electrons. The van der Waals surface area contributed by atoms with Gasteiger partial charge in [0.15, 0.2) is 0 Å². The SMILES string of the molecule is N#Cc1cccc(N2CCCC(COc3ncccn3)C2)n1. The molecule has 1 saturated heterocycles. The van der Waals surface area contributed by atoms with Crippen LogP contribution in [0.25, 0.3) is 0 Å². The standard InChI is InChI=1S/C16H17N5O/c17-10-14-5-1-6-15(20-14)21-9-2-4-13(11-21)12-22-16-18-7-3-8-19-16/h1,3,5-8,13H,2,4,9,11-12H2. The Morgan fingerprint density at radius 1 is 1.27 bits per heavy atom. The highest BCUT2D eigenvalue weighted by Gasteiger charge is 2.22. The molecule has 1 unspecified atom stereocenters. The monoisotopic (exact) mass is 295 g/mol. The zero-order valence-corrected chi connectivity index (χ0v) is 12.2. The van der Waals surface area contributed by atoms with Gasteiger partial charge in [-0.25, -0.2) is 15.0 Å². The number of hydrogen-bond acceptors (Lipinski definition) is 6. The van der Waals surface area contributed by atoms with Crippen molar-refractivity contribution in [3.8, 4) is 12.1 Å². The lowest BCUT2D eigenvalue weighted by molar-refractivity contribution is 0.214. The average Bonchev–Trinajstić information content (AvgIpc) is 2.61. The summed E-state index contributed by atoms with van der Waals surface area (Å²) in [6.45, 7) is 2.42. The van der Waals surface area contributed by atoms with Gasteiger partial charge in [-0.2, -0.15) is 5.26 Å². The first-order valence-corrected chi connectivity index (χ1v) is 7.37. The van der Waals surface area contributed by atoms with Crippen LogP contribution in [0.1, 0.15) is 18.5 Å². The Hall–Kier alpha value is -2.68. The second kappa shape index (κ2) is 6.85. The maximum atomic E-state index is 8.96. The van der Waals surface area contributed by atoms with E-state index in [1.54, 1.807) is 24.5 Å². The van der Waals surface area contributed by atoms with Gasteiger partial charge in [-0.15, -0.1) is 0 Å². The van der Waals surface area contributed by atoms with Crippen LogP contribution in [-0.2, 0) is 0 Å². The number of nitrogens with zero attached hydrogens (tertiary/aromatic N) is 5. The molecule has 0 N–H and O–H groups in total. The molecule has 0 aliphatic carbocycles. The molecule has 1 fully saturated rings. The lowest BCUT2D eigenvalue weighted by Crippen LogP contribution is -2.38. The number of aromatic nitrogens is 3. The van der Waals surface area contributed by atoms with Crippen LogP contribution in [0.5, 0.6) is 6.01 Å². The summed E-state index contributed by atoms with van der Waals surface area (Å²) in [6, 6.07) is 9.82. The van der Waals surface area contributed by atoms with Crippen LogP contribution in [0, 0.1) is 17.2 Å². The lowest BCUT2D eigenvalue weighted by atomic mass is 9.99. The third-order valence-electron chi connectivity index (χ3n) is 3.68. The fourth-order valence-electron chi connectivity index (χ4n) is 2.62. The van der Waals surface area contributed by atoms with Crippen LogP contribution in [0.4, 0.5) is 5.82 Å². The second-order valence-corrected chi connectivity index (χ2v) is 5.29. The first-order valence-electron chi connectivity index (χ1n) is 7.37. The largest absolute Gasteiger partial charge is 0.463 e. The van der Waals surface area contributed by atoms with Gasteiger partial charge in [0.05, 0.1) is 6.61 Å². The molecule has 112 valence electrons. The van der Waals surface area contributed by atoms with Gasteiger partial charge < -0.3 is 9.64 Å². The van der Waals surface area contributed by atoms with Crippen molar-refractivity contribution in [3.05, 3.63) is 42.4 Å². The lowest BCUT2D eigenvalue weighted by Gasteiger charge is -2.33. The molecule has 2 aromatic rings. The van der Waals surface area contributed by atoms with Crippen LogP contribution in [0.2, 0.25) is 0 Å². The normalized spacial score (nSPS) is 17.8. The molecule has 1 aliphatic heterocycles. The topological polar surface area (TPSA) is 74.9 Å². The zero-order chi connectivity index (χ0) is 15.2. The zero-order valence-electron chi connectivity index (χ0n) is 12.2. The molecular formula is C16H17N5O. The Morgan fingerprint density at radius 2 is 2.14 bits per heavy atom. The van der Waals surface area contributed by atoms with E-state index in [0.29, 0.717) is 24.2 Å². The molecule has 3 heterocycles. The highest BCUT2D eigenvalue weighted by molar-refractivity contribution is 5.42. The Labute approximate surface area is 129 Å². The summed E-state index contributed by atoms with van der Waals surface area (Å²) in [5.41, 5.74) is 0.452. The molecule has 6 nitrogen and oxygen atoms in total. The van der Waals surface area contributed by atoms with Crippen molar-refractivity contribution in [3.63, 3.8) is 0 Å². The summed E-state index contributed by atoms with van der Waals surface area (Å²) in [4.78, 5) is 14.7. The number of pyridine rings is 1. The van der Waals surface area contributed by atoms with Gasteiger partial charge in [-0.1, -0.05) is 6.07 Å². The molecular weight excluding hydrogens is 278 g/mol. The minimum Gasteiger partial charge on any atom is -0.463 e. The van der Waals surface area contributed by atoms with Gasteiger partial charge in [0, 0.05) is 31.4 Å². The first kappa shape index (κ1) is 14.3. The maximum absolute atomic E-state index is 8.96. The molecule has 2 aromatic heterocycles. The number of hydrogen-bond donors (Lipinski definition) is 0. The fraction of sp³-hybridized carbons (Fsp3) is 0.375. The molecule has 0 bridgehead atoms. The summed E-state index contributed by atoms with van der Waals surface area (Å²) in [5.74, 6) is 1.27. The molecule has 6 heteroatoms. The molecule has 22 heavy (non-hydrogen) atoms. The van der Waals surface area contributed by atoms with Crippen LogP contribution in [0.15, 0.2) is 36.7 Å². The molecule has 0 amide bonds. The summed E-state index contributed by atoms with van der Waals surface area (Å²) in [6.07, 6.45) is 5.54. The summed E-state index contributed by atoms with van der Waals surface area (Å²) >= 11 is 0. The van der Waals surface area contributed by atoms with Gasteiger partial charge in [0.1, 0.15) is 17.6 Å². The highest BCUT2D eigenvalue weighted by atomic mass is 16.5. The third-order valence-corrected chi connectivity index (χ3v) is 3.68. The number of nitriles is 1. The average molecular weight is 295 g/mol. The number of ether oxygens (including phenoxy) is 1. The quantitative estimate of drug-likeness (QED) is 0.859. The fourth-order valence-corrected chi connectivity index (χ4v) is 2.62. The van der Waals surface area contributed by atoms with Crippen LogP contribution in [-0.4, -0.2) is 34.6 Å². The van der Waals surface area contributed by atoms with Crippen molar-refractivity contribution < 1.29 is 4.74 Å². The van der Waals surface area contributed by atoms with E-state index in [0.717, 1.165) is 31.7 Å². The summed E-state index contributed by atoms with van der Waals surface area (Å²) < 4.78 is 5.65. The van der Waals surface area contributed by atoms with Crippen LogP contribution in [0.3, 0.4) is 0 Å². The van der Waals surface area contributed by atoms with E-state index in [1.165, 1.54) is 0 Å². The van der Waals surface area contributed by atoms with E-state index in [4.69, 9.17) is 10.00 Å². The van der Waals surface area contributed by atoms with E-state index < -0.39 is 0 Å². The predicted molar refractivity (Wildman–Crippen MR) is 81.4 cm³/mol. The Balaban J connectivity index is 1.60. The summed E-state index contributed by atoms with van der Waals surface area (Å²) in [5, 5.41) is 8.96. The van der Waals surface area contributed by atoms with Crippen LogP contribution < -0.4 is 9.64 Å². The van der Waals surface area contributed by atoms with Gasteiger partial charge in [-0.3, -0.25) is 0 Å². The van der Waals surface area contributed by atoms with Crippen molar-refractivity contribution in [1.82, 2.24) is 15.0 Å². The predicted octanol–water partition coefficient (Wildman–Crippen LogP) is 2.04. The number of rotatable bonds is 4. The maximum Gasteiger partial charge on any atom is 0.316 e. The van der Waals surface area contributed by atoms with E-state index in [1.807, 2.05) is 12.1 Å². The van der Waals surface area contributed by atoms with Gasteiger partial charge in [-0.05, 0) is 31.0 Å². The van der Waals surface area contributed by atoms with Gasteiger partial charge in [0.2, 0.25) is 0 Å². The minimum atomic E-state index is 0.407. The Bertz CT molecular complexity index is 655.